The minimum Gasteiger partial charge on any atom is -0.477 e. The number of fused-ring (bicyclic) bond motifs is 1. The predicted octanol–water partition coefficient (Wildman–Crippen LogP) is 1.48. The summed E-state index contributed by atoms with van der Waals surface area (Å²) in [6.07, 6.45) is 5.66. The zero-order chi connectivity index (χ0) is 22.4. The second kappa shape index (κ2) is 7.64. The molecule has 32 heavy (non-hydrogen) atoms. The molecule has 1 aliphatic rings. The van der Waals surface area contributed by atoms with Crippen LogP contribution in [-0.2, 0) is 11.2 Å². The molecule has 0 spiro atoms. The van der Waals surface area contributed by atoms with E-state index in [1.807, 2.05) is 4.90 Å². The summed E-state index contributed by atoms with van der Waals surface area (Å²) in [7, 11) is 0. The number of carboxylic acids is 1. The summed E-state index contributed by atoms with van der Waals surface area (Å²) in [6.45, 7) is 2.69. The summed E-state index contributed by atoms with van der Waals surface area (Å²) < 4.78 is 10.6. The fourth-order valence-electron chi connectivity index (χ4n) is 3.71. The molecule has 0 unspecified atom stereocenters. The van der Waals surface area contributed by atoms with E-state index in [1.165, 1.54) is 29.6 Å². The maximum absolute atomic E-state index is 12.8. The van der Waals surface area contributed by atoms with Crippen molar-refractivity contribution in [1.82, 2.24) is 23.9 Å². The maximum atomic E-state index is 12.8. The van der Waals surface area contributed by atoms with Gasteiger partial charge in [0.25, 0.3) is 0 Å². The Morgan fingerprint density at radius 1 is 1.31 bits per heavy atom. The zero-order valence-electron chi connectivity index (χ0n) is 16.8. The van der Waals surface area contributed by atoms with Crippen molar-refractivity contribution in [1.29, 1.82) is 0 Å². The van der Waals surface area contributed by atoms with Crippen molar-refractivity contribution >= 4 is 40.1 Å². The second-order valence-electron chi connectivity index (χ2n) is 7.44. The summed E-state index contributed by atoms with van der Waals surface area (Å²) in [5, 5.41) is 10.1. The van der Waals surface area contributed by atoms with E-state index in [2.05, 4.69) is 19.3 Å². The maximum Gasteiger partial charge on any atom is 0.341 e. The van der Waals surface area contributed by atoms with Crippen LogP contribution in [0.25, 0.3) is 16.2 Å². The highest BCUT2D eigenvalue weighted by Crippen LogP contribution is 2.29. The molecular weight excluding hydrogens is 436 g/mol. The first-order valence-corrected chi connectivity index (χ1v) is 10.4. The monoisotopic (exact) mass is 452 g/mol. The number of Topliss-reactive ketones (excluding diaryl/α,β-unsaturated/α-hetero) is 1. The number of carboxylic acid groups (broad SMARTS) is 1. The van der Waals surface area contributed by atoms with Crippen LogP contribution >= 0.6 is 11.5 Å². The van der Waals surface area contributed by atoms with E-state index in [-0.39, 0.29) is 29.1 Å². The van der Waals surface area contributed by atoms with Crippen molar-refractivity contribution in [2.24, 2.45) is 5.92 Å². The second-order valence-corrected chi connectivity index (χ2v) is 8.20. The summed E-state index contributed by atoms with van der Waals surface area (Å²) >= 11 is 1.06. The van der Waals surface area contributed by atoms with Crippen LogP contribution in [0.5, 0.6) is 0 Å². The van der Waals surface area contributed by atoms with Gasteiger partial charge in [0.2, 0.25) is 16.5 Å². The standard InChI is InChI=1S/C20H16N6O5S/c1-10-4-14(25-6-11(7-25)13(27)5-15-21-2-3-31-15)24-18-16(10)17(28)12(19(29)30)8-26(18)20-22-9-23-32-20/h2-4,8-9,11H,5-7H2,1H3,(H,29,30). The van der Waals surface area contributed by atoms with Gasteiger partial charge in [0.05, 0.1) is 23.9 Å². The van der Waals surface area contributed by atoms with E-state index < -0.39 is 11.4 Å². The van der Waals surface area contributed by atoms with Gasteiger partial charge in [-0.3, -0.25) is 14.2 Å². The highest BCUT2D eigenvalue weighted by Gasteiger charge is 2.34. The third-order valence-electron chi connectivity index (χ3n) is 5.40. The Hall–Kier alpha value is -3.93. The number of nitrogens with zero attached hydrogens (tertiary/aromatic N) is 6. The van der Waals surface area contributed by atoms with E-state index in [4.69, 9.17) is 4.42 Å². The molecule has 4 aromatic heterocycles. The number of anilines is 1. The number of hydrogen-bond acceptors (Lipinski definition) is 10. The number of carbonyl (C=O) groups excluding carboxylic acids is 1. The molecule has 1 N–H and O–H groups in total. The molecule has 0 aliphatic carbocycles. The summed E-state index contributed by atoms with van der Waals surface area (Å²) in [5.41, 5.74) is -0.0915. The lowest BCUT2D eigenvalue weighted by molar-refractivity contribution is -0.123. The molecule has 11 nitrogen and oxygen atoms in total. The summed E-state index contributed by atoms with van der Waals surface area (Å²) in [4.78, 5) is 51.6. The van der Waals surface area contributed by atoms with Crippen molar-refractivity contribution in [2.75, 3.05) is 18.0 Å². The first-order valence-electron chi connectivity index (χ1n) is 9.65. The van der Waals surface area contributed by atoms with E-state index in [9.17, 15) is 19.5 Å². The van der Waals surface area contributed by atoms with E-state index in [0.717, 1.165) is 11.5 Å². The SMILES string of the molecule is Cc1cc(N2CC(C(=O)Cc3ncco3)C2)nc2c1c(=O)c(C(=O)O)cn2-c1ncns1. The molecule has 0 amide bonds. The number of ketones is 1. The van der Waals surface area contributed by atoms with Gasteiger partial charge in [-0.25, -0.2) is 19.7 Å². The Labute approximate surface area is 184 Å². The molecule has 0 saturated carbocycles. The highest BCUT2D eigenvalue weighted by molar-refractivity contribution is 7.08. The molecule has 5 rings (SSSR count). The van der Waals surface area contributed by atoms with Crippen LogP contribution in [0.4, 0.5) is 5.82 Å². The minimum absolute atomic E-state index is 0.0399. The number of hydrogen-bond donors (Lipinski definition) is 1. The topological polar surface area (TPSA) is 144 Å². The number of aryl methyl sites for hydroxylation is 1. The van der Waals surface area contributed by atoms with Crippen LogP contribution in [-0.4, -0.2) is 53.8 Å². The molecule has 1 aliphatic heterocycles. The molecule has 0 radical (unpaired) electrons. The molecule has 4 aromatic rings. The van der Waals surface area contributed by atoms with E-state index in [0.29, 0.717) is 41.1 Å². The molecule has 0 bridgehead atoms. The molecule has 1 fully saturated rings. The quantitative estimate of drug-likeness (QED) is 0.456. The molecule has 5 heterocycles. The molecular formula is C20H16N6O5S. The first kappa shape index (κ1) is 20.0. The van der Waals surface area contributed by atoms with Crippen molar-refractivity contribution in [3.63, 3.8) is 0 Å². The van der Waals surface area contributed by atoms with Crippen LogP contribution in [0.1, 0.15) is 21.8 Å². The molecule has 162 valence electrons. The fourth-order valence-corrected chi connectivity index (χ4v) is 4.22. The molecule has 0 atom stereocenters. The van der Waals surface area contributed by atoms with Crippen LogP contribution < -0.4 is 10.3 Å². The lowest BCUT2D eigenvalue weighted by Gasteiger charge is -2.39. The average Bonchev–Trinajstić information content (AvgIpc) is 3.40. The Morgan fingerprint density at radius 2 is 2.12 bits per heavy atom. The molecule has 1 saturated heterocycles. The minimum atomic E-state index is -1.33. The Bertz CT molecular complexity index is 1390. The van der Waals surface area contributed by atoms with Gasteiger partial charge in [-0.05, 0) is 18.6 Å². The molecule has 0 aromatic carbocycles. The van der Waals surface area contributed by atoms with Gasteiger partial charge in [-0.15, -0.1) is 0 Å². The van der Waals surface area contributed by atoms with Crippen LogP contribution in [0.2, 0.25) is 0 Å². The van der Waals surface area contributed by atoms with Gasteiger partial charge in [0.15, 0.2) is 5.65 Å². The van der Waals surface area contributed by atoms with Crippen LogP contribution in [0.15, 0.2) is 40.3 Å². The molecule has 12 heteroatoms. The zero-order valence-corrected chi connectivity index (χ0v) is 17.6. The average molecular weight is 452 g/mol. The number of pyridine rings is 2. The first-order chi connectivity index (χ1) is 15.4. The fraction of sp³-hybridized carbons (Fsp3) is 0.250. The van der Waals surface area contributed by atoms with Gasteiger partial charge in [0.1, 0.15) is 29.8 Å². The number of aromatic nitrogens is 5. The lowest BCUT2D eigenvalue weighted by atomic mass is 9.93. The Kier molecular flexibility index (Phi) is 4.78. The smallest absolute Gasteiger partial charge is 0.341 e. The van der Waals surface area contributed by atoms with Crippen molar-refractivity contribution in [3.05, 3.63) is 58.3 Å². The van der Waals surface area contributed by atoms with Crippen LogP contribution in [0.3, 0.4) is 0 Å². The number of oxazole rings is 1. The number of aromatic carboxylic acids is 1. The third kappa shape index (κ3) is 3.34. The number of carbonyl (C=O) groups is 2. The van der Waals surface area contributed by atoms with Gasteiger partial charge in [-0.2, -0.15) is 4.37 Å². The normalized spacial score (nSPS) is 14.0. The summed E-state index contributed by atoms with van der Waals surface area (Å²) in [5.74, 6) is -0.467. The van der Waals surface area contributed by atoms with Gasteiger partial charge >= 0.3 is 5.97 Å². The third-order valence-corrected chi connectivity index (χ3v) is 6.06. The van der Waals surface area contributed by atoms with E-state index >= 15 is 0 Å². The lowest BCUT2D eigenvalue weighted by Crippen LogP contribution is -2.51. The van der Waals surface area contributed by atoms with Crippen LogP contribution in [0, 0.1) is 12.8 Å². The van der Waals surface area contributed by atoms with Crippen molar-refractivity contribution in [2.45, 2.75) is 13.3 Å². The van der Waals surface area contributed by atoms with Crippen molar-refractivity contribution < 1.29 is 19.1 Å². The Morgan fingerprint density at radius 3 is 2.78 bits per heavy atom. The van der Waals surface area contributed by atoms with Gasteiger partial charge < -0.3 is 14.4 Å². The number of rotatable bonds is 6. The Balaban J connectivity index is 1.50. The highest BCUT2D eigenvalue weighted by atomic mass is 32.1. The van der Waals surface area contributed by atoms with Gasteiger partial charge in [0, 0.05) is 30.8 Å². The largest absolute Gasteiger partial charge is 0.477 e. The van der Waals surface area contributed by atoms with E-state index in [1.54, 1.807) is 13.0 Å². The van der Waals surface area contributed by atoms with Crippen molar-refractivity contribution in [3.8, 4) is 5.13 Å². The van der Waals surface area contributed by atoms with Gasteiger partial charge in [-0.1, -0.05) is 0 Å². The summed E-state index contributed by atoms with van der Waals surface area (Å²) in [6, 6.07) is 1.73. The predicted molar refractivity (Wildman–Crippen MR) is 113 cm³/mol.